The number of fused-ring (bicyclic) bond motifs is 1. The van der Waals surface area contributed by atoms with Crippen LogP contribution in [0.2, 0.25) is 0 Å². The van der Waals surface area contributed by atoms with Crippen molar-refractivity contribution in [3.05, 3.63) is 0 Å². The van der Waals surface area contributed by atoms with Crippen LogP contribution in [0.1, 0.15) is 25.7 Å². The molecule has 0 aromatic carbocycles. The lowest BCUT2D eigenvalue weighted by Crippen LogP contribution is -2.49. The van der Waals surface area contributed by atoms with Crippen LogP contribution in [0.15, 0.2) is 0 Å². The molecule has 1 aliphatic carbocycles. The number of amides is 1. The fourth-order valence-electron chi connectivity index (χ4n) is 3.50. The van der Waals surface area contributed by atoms with Gasteiger partial charge in [0, 0.05) is 31.0 Å². The maximum Gasteiger partial charge on any atom is 0.225 e. The molecule has 18 heavy (non-hydrogen) atoms. The lowest BCUT2D eigenvalue weighted by molar-refractivity contribution is -0.131. The van der Waals surface area contributed by atoms with Crippen molar-refractivity contribution in [3.8, 4) is 0 Å². The molecule has 0 aromatic heterocycles. The molecule has 5 nitrogen and oxygen atoms in total. The first kappa shape index (κ1) is 12.4. The molecule has 2 heterocycles. The summed E-state index contributed by atoms with van der Waals surface area (Å²) >= 11 is 0. The standard InChI is InChI=1S/C12H20N2O3S/c13-7-12-4-1-5-18(16,17)10(12)6-14(8-12)11(15)9-2-3-9/h9-10H,1-8,13H2. The Morgan fingerprint density at radius 1 is 1.39 bits per heavy atom. The molecular formula is C12H20N2O3S. The van der Waals surface area contributed by atoms with Gasteiger partial charge in [-0.05, 0) is 25.7 Å². The molecule has 3 rings (SSSR count). The summed E-state index contributed by atoms with van der Waals surface area (Å²) in [5, 5.41) is -0.425. The maximum atomic E-state index is 12.2. The Bertz CT molecular complexity index is 472. The minimum absolute atomic E-state index is 0.146. The summed E-state index contributed by atoms with van der Waals surface area (Å²) in [6, 6.07) is 0. The summed E-state index contributed by atoms with van der Waals surface area (Å²) in [7, 11) is -3.08. The summed E-state index contributed by atoms with van der Waals surface area (Å²) in [5.74, 6) is 0.556. The van der Waals surface area contributed by atoms with Gasteiger partial charge in [-0.15, -0.1) is 0 Å². The Hall–Kier alpha value is -0.620. The van der Waals surface area contributed by atoms with Crippen molar-refractivity contribution < 1.29 is 13.2 Å². The van der Waals surface area contributed by atoms with Crippen LogP contribution in [0.4, 0.5) is 0 Å². The van der Waals surface area contributed by atoms with E-state index in [1.165, 1.54) is 0 Å². The van der Waals surface area contributed by atoms with Crippen LogP contribution in [0.3, 0.4) is 0 Å². The Kier molecular flexibility index (Phi) is 2.71. The average Bonchev–Trinajstić information content (AvgIpc) is 3.09. The van der Waals surface area contributed by atoms with E-state index in [9.17, 15) is 13.2 Å². The first-order valence-corrected chi connectivity index (χ1v) is 8.40. The molecular weight excluding hydrogens is 252 g/mol. The molecule has 3 fully saturated rings. The summed E-state index contributed by atoms with van der Waals surface area (Å²) in [5.41, 5.74) is 5.48. The topological polar surface area (TPSA) is 80.5 Å². The minimum atomic E-state index is -3.08. The Balaban J connectivity index is 1.88. The first-order chi connectivity index (χ1) is 8.48. The zero-order valence-electron chi connectivity index (χ0n) is 10.5. The van der Waals surface area contributed by atoms with Gasteiger partial charge >= 0.3 is 0 Å². The molecule has 3 aliphatic rings. The molecule has 6 heteroatoms. The lowest BCUT2D eigenvalue weighted by Gasteiger charge is -2.36. The molecule has 1 saturated carbocycles. The van der Waals surface area contributed by atoms with Gasteiger partial charge in [-0.3, -0.25) is 4.79 Å². The van der Waals surface area contributed by atoms with Gasteiger partial charge in [-0.1, -0.05) is 0 Å². The van der Waals surface area contributed by atoms with Crippen molar-refractivity contribution >= 4 is 15.7 Å². The largest absolute Gasteiger partial charge is 0.340 e. The zero-order valence-corrected chi connectivity index (χ0v) is 11.3. The van der Waals surface area contributed by atoms with Crippen molar-refractivity contribution in [2.45, 2.75) is 30.9 Å². The number of sulfone groups is 1. The fraction of sp³-hybridized carbons (Fsp3) is 0.917. The van der Waals surface area contributed by atoms with Crippen LogP contribution < -0.4 is 5.73 Å². The highest BCUT2D eigenvalue weighted by Gasteiger charge is 2.55. The van der Waals surface area contributed by atoms with Gasteiger partial charge in [0.25, 0.3) is 0 Å². The monoisotopic (exact) mass is 272 g/mol. The van der Waals surface area contributed by atoms with Crippen LogP contribution in [0, 0.1) is 11.3 Å². The summed E-state index contributed by atoms with van der Waals surface area (Å²) in [6.07, 6.45) is 3.44. The van der Waals surface area contributed by atoms with E-state index < -0.39 is 15.1 Å². The molecule has 0 spiro atoms. The highest BCUT2D eigenvalue weighted by Crippen LogP contribution is 2.44. The molecule has 2 saturated heterocycles. The minimum Gasteiger partial charge on any atom is -0.340 e. The first-order valence-electron chi connectivity index (χ1n) is 6.69. The van der Waals surface area contributed by atoms with Gasteiger partial charge in [-0.2, -0.15) is 0 Å². The average molecular weight is 272 g/mol. The van der Waals surface area contributed by atoms with Gasteiger partial charge in [0.2, 0.25) is 5.91 Å². The van der Waals surface area contributed by atoms with Crippen molar-refractivity contribution in [2.75, 3.05) is 25.4 Å². The lowest BCUT2D eigenvalue weighted by atomic mass is 9.82. The second-order valence-electron chi connectivity index (χ2n) is 6.02. The number of carbonyl (C=O) groups is 1. The van der Waals surface area contributed by atoms with Crippen molar-refractivity contribution in [2.24, 2.45) is 17.1 Å². The van der Waals surface area contributed by atoms with E-state index in [2.05, 4.69) is 0 Å². The van der Waals surface area contributed by atoms with Gasteiger partial charge in [0.05, 0.1) is 11.0 Å². The van der Waals surface area contributed by atoms with Crippen LogP contribution >= 0.6 is 0 Å². The molecule has 0 radical (unpaired) electrons. The molecule has 2 atom stereocenters. The summed E-state index contributed by atoms with van der Waals surface area (Å²) in [4.78, 5) is 13.9. The van der Waals surface area contributed by atoms with Crippen LogP contribution in [0.5, 0.6) is 0 Å². The number of nitrogens with two attached hydrogens (primary N) is 1. The van der Waals surface area contributed by atoms with E-state index in [1.54, 1.807) is 4.90 Å². The van der Waals surface area contributed by atoms with Crippen molar-refractivity contribution in [1.82, 2.24) is 4.90 Å². The van der Waals surface area contributed by atoms with Crippen molar-refractivity contribution in [1.29, 1.82) is 0 Å². The third-order valence-electron chi connectivity index (χ3n) is 4.76. The van der Waals surface area contributed by atoms with E-state index in [-0.39, 0.29) is 23.0 Å². The highest BCUT2D eigenvalue weighted by molar-refractivity contribution is 7.92. The molecule has 1 amide bonds. The predicted molar refractivity (Wildman–Crippen MR) is 67.6 cm³/mol. The molecule has 0 bridgehead atoms. The molecule has 2 N–H and O–H groups in total. The molecule has 0 aromatic rings. The third-order valence-corrected chi connectivity index (χ3v) is 7.13. The number of hydrogen-bond donors (Lipinski definition) is 1. The summed E-state index contributed by atoms with van der Waals surface area (Å²) in [6.45, 7) is 1.28. The van der Waals surface area contributed by atoms with Crippen LogP contribution in [-0.2, 0) is 14.6 Å². The second-order valence-corrected chi connectivity index (χ2v) is 8.32. The molecule has 102 valence electrons. The Morgan fingerprint density at radius 2 is 2.11 bits per heavy atom. The number of rotatable bonds is 2. The number of likely N-dealkylation sites (tertiary alicyclic amines) is 1. The Morgan fingerprint density at radius 3 is 2.67 bits per heavy atom. The quantitative estimate of drug-likeness (QED) is 0.752. The molecule has 2 aliphatic heterocycles. The van der Waals surface area contributed by atoms with Gasteiger partial charge in [0.15, 0.2) is 9.84 Å². The van der Waals surface area contributed by atoms with Gasteiger partial charge < -0.3 is 10.6 Å². The van der Waals surface area contributed by atoms with Crippen LogP contribution in [0.25, 0.3) is 0 Å². The van der Waals surface area contributed by atoms with E-state index in [1.807, 2.05) is 0 Å². The van der Waals surface area contributed by atoms with E-state index >= 15 is 0 Å². The SMILES string of the molecule is NCC12CCCS(=O)(=O)C1CN(C(=O)C1CC1)C2. The van der Waals surface area contributed by atoms with Crippen LogP contribution in [-0.4, -0.2) is 49.9 Å². The highest BCUT2D eigenvalue weighted by atomic mass is 32.2. The number of nitrogens with zero attached hydrogens (tertiary/aromatic N) is 1. The van der Waals surface area contributed by atoms with E-state index in [0.29, 0.717) is 26.1 Å². The molecule has 2 unspecified atom stereocenters. The predicted octanol–water partition coefficient (Wildman–Crippen LogP) is -0.239. The third kappa shape index (κ3) is 1.77. The normalized spacial score (nSPS) is 38.5. The van der Waals surface area contributed by atoms with Crippen molar-refractivity contribution in [3.63, 3.8) is 0 Å². The smallest absolute Gasteiger partial charge is 0.225 e. The van der Waals surface area contributed by atoms with Gasteiger partial charge in [-0.25, -0.2) is 8.42 Å². The summed E-state index contributed by atoms with van der Waals surface area (Å²) < 4.78 is 24.4. The second kappa shape index (κ2) is 3.93. The zero-order chi connectivity index (χ0) is 13.0. The fourth-order valence-corrected chi connectivity index (χ4v) is 5.79. The Labute approximate surface area is 108 Å². The number of hydrogen-bond acceptors (Lipinski definition) is 4. The van der Waals surface area contributed by atoms with E-state index in [0.717, 1.165) is 19.3 Å². The van der Waals surface area contributed by atoms with E-state index in [4.69, 9.17) is 5.73 Å². The maximum absolute atomic E-state index is 12.2. The number of carbonyl (C=O) groups excluding carboxylic acids is 1. The van der Waals surface area contributed by atoms with Gasteiger partial charge in [0.1, 0.15) is 0 Å².